The minimum Gasteiger partial charge on any atom is -0.478 e. The zero-order valence-corrected chi connectivity index (χ0v) is 10.4. The smallest absolute Gasteiger partial charge is 0.336 e. The van der Waals surface area contributed by atoms with Crippen LogP contribution in [0.25, 0.3) is 10.9 Å². The maximum absolute atomic E-state index is 11.1. The lowest BCUT2D eigenvalue weighted by Crippen LogP contribution is -2.01. The summed E-state index contributed by atoms with van der Waals surface area (Å²) in [5.74, 6) is -0.939. The van der Waals surface area contributed by atoms with Crippen LogP contribution >= 0.6 is 0 Å². The van der Waals surface area contributed by atoms with Crippen LogP contribution in [0.2, 0.25) is 0 Å². The van der Waals surface area contributed by atoms with Gasteiger partial charge >= 0.3 is 5.97 Å². The Labute approximate surface area is 105 Å². The summed E-state index contributed by atoms with van der Waals surface area (Å²) < 4.78 is 1.94. The summed E-state index contributed by atoms with van der Waals surface area (Å²) in [4.78, 5) is 22.2. The summed E-state index contributed by atoms with van der Waals surface area (Å²) in [6.07, 6.45) is 3.53. The van der Waals surface area contributed by atoms with Crippen molar-refractivity contribution in [3.05, 3.63) is 35.0 Å². The molecule has 2 rings (SSSR count). The van der Waals surface area contributed by atoms with E-state index in [-0.39, 0.29) is 5.56 Å². The van der Waals surface area contributed by atoms with Crippen molar-refractivity contribution in [1.82, 2.24) is 4.57 Å². The van der Waals surface area contributed by atoms with Crippen LogP contribution in [0.4, 0.5) is 0 Å². The van der Waals surface area contributed by atoms with Crippen molar-refractivity contribution in [1.29, 1.82) is 0 Å². The minimum atomic E-state index is -0.939. The van der Waals surface area contributed by atoms with Crippen LogP contribution in [-0.4, -0.2) is 21.9 Å². The van der Waals surface area contributed by atoms with E-state index in [0.29, 0.717) is 11.1 Å². The van der Waals surface area contributed by atoms with Gasteiger partial charge in [0.25, 0.3) is 0 Å². The first-order chi connectivity index (χ1) is 8.58. The van der Waals surface area contributed by atoms with E-state index in [1.807, 2.05) is 11.5 Å². The number of aromatic nitrogens is 1. The fraction of sp³-hybridized carbons (Fsp3) is 0.286. The number of aromatic carboxylic acids is 1. The second-order valence-corrected chi connectivity index (χ2v) is 4.39. The molecule has 0 fully saturated rings. The molecule has 0 atom stereocenters. The molecule has 4 nitrogen and oxygen atoms in total. The number of fused-ring (bicyclic) bond motifs is 1. The van der Waals surface area contributed by atoms with E-state index in [2.05, 4.69) is 0 Å². The largest absolute Gasteiger partial charge is 0.478 e. The van der Waals surface area contributed by atoms with Gasteiger partial charge in [-0.05, 0) is 31.0 Å². The molecule has 1 heterocycles. The van der Waals surface area contributed by atoms with Crippen molar-refractivity contribution < 1.29 is 14.7 Å². The van der Waals surface area contributed by atoms with Crippen molar-refractivity contribution in [3.63, 3.8) is 0 Å². The number of carboxylic acids is 1. The lowest BCUT2D eigenvalue weighted by molar-refractivity contribution is 0.0696. The molecule has 4 heteroatoms. The molecule has 1 aromatic heterocycles. The van der Waals surface area contributed by atoms with E-state index in [4.69, 9.17) is 5.11 Å². The number of rotatable bonds is 4. The van der Waals surface area contributed by atoms with Gasteiger partial charge in [-0.2, -0.15) is 0 Å². The van der Waals surface area contributed by atoms with Crippen LogP contribution in [0.1, 0.15) is 39.6 Å². The van der Waals surface area contributed by atoms with Gasteiger partial charge in [0.05, 0.1) is 5.56 Å². The highest BCUT2D eigenvalue weighted by atomic mass is 16.4. The number of aryl methyl sites for hydroxylation is 2. The second kappa shape index (κ2) is 4.64. The van der Waals surface area contributed by atoms with Gasteiger partial charge in [-0.1, -0.05) is 6.92 Å². The van der Waals surface area contributed by atoms with Crippen molar-refractivity contribution in [2.75, 3.05) is 0 Å². The molecule has 0 aliphatic heterocycles. The molecule has 1 aromatic carbocycles. The fourth-order valence-electron chi connectivity index (χ4n) is 2.22. The van der Waals surface area contributed by atoms with Gasteiger partial charge in [-0.15, -0.1) is 0 Å². The highest BCUT2D eigenvalue weighted by Crippen LogP contribution is 2.24. The Morgan fingerprint density at radius 3 is 2.72 bits per heavy atom. The molecule has 0 saturated carbocycles. The van der Waals surface area contributed by atoms with E-state index >= 15 is 0 Å². The second-order valence-electron chi connectivity index (χ2n) is 4.39. The van der Waals surface area contributed by atoms with Crippen molar-refractivity contribution in [2.45, 2.75) is 26.8 Å². The molecule has 0 saturated heterocycles. The number of carboxylic acid groups (broad SMARTS) is 1. The quantitative estimate of drug-likeness (QED) is 0.842. The molecule has 0 spiro atoms. The number of hydrogen-bond acceptors (Lipinski definition) is 2. The topological polar surface area (TPSA) is 59.3 Å². The molecule has 0 unspecified atom stereocenters. The monoisotopic (exact) mass is 245 g/mol. The number of carbonyl (C=O) groups is 2. The lowest BCUT2D eigenvalue weighted by atomic mass is 10.0. The zero-order chi connectivity index (χ0) is 13.3. The Hall–Kier alpha value is -2.10. The Kier molecular flexibility index (Phi) is 3.19. The summed E-state index contributed by atoms with van der Waals surface area (Å²) in [6, 6.07) is 3.42. The lowest BCUT2D eigenvalue weighted by Gasteiger charge is -2.05. The third-order valence-electron chi connectivity index (χ3n) is 3.08. The van der Waals surface area contributed by atoms with Crippen LogP contribution in [-0.2, 0) is 6.54 Å². The molecular weight excluding hydrogens is 230 g/mol. The number of carbonyl (C=O) groups excluding carboxylic acids is 1. The maximum Gasteiger partial charge on any atom is 0.336 e. The van der Waals surface area contributed by atoms with E-state index in [1.54, 1.807) is 25.3 Å². The van der Waals surface area contributed by atoms with E-state index in [9.17, 15) is 9.59 Å². The first-order valence-corrected chi connectivity index (χ1v) is 5.90. The van der Waals surface area contributed by atoms with Crippen molar-refractivity contribution in [2.24, 2.45) is 0 Å². The van der Waals surface area contributed by atoms with Gasteiger partial charge in [0.2, 0.25) is 0 Å². The summed E-state index contributed by atoms with van der Waals surface area (Å²) in [5, 5.41) is 9.95. The average Bonchev–Trinajstić information content (AvgIpc) is 2.66. The van der Waals surface area contributed by atoms with Crippen LogP contribution in [0, 0.1) is 6.92 Å². The predicted octanol–water partition coefficient (Wildman–Crippen LogP) is 2.87. The summed E-state index contributed by atoms with van der Waals surface area (Å²) in [6.45, 7) is 4.56. The van der Waals surface area contributed by atoms with E-state index in [1.165, 1.54) is 0 Å². The summed E-state index contributed by atoms with van der Waals surface area (Å²) in [7, 11) is 0. The minimum absolute atomic E-state index is 0.287. The number of aldehydes is 1. The van der Waals surface area contributed by atoms with Crippen molar-refractivity contribution >= 4 is 23.2 Å². The van der Waals surface area contributed by atoms with Gasteiger partial charge in [-0.25, -0.2) is 4.79 Å². The van der Waals surface area contributed by atoms with Crippen LogP contribution in [0.5, 0.6) is 0 Å². The normalized spacial score (nSPS) is 10.8. The fourth-order valence-corrected chi connectivity index (χ4v) is 2.22. The van der Waals surface area contributed by atoms with Gasteiger partial charge in [0.15, 0.2) is 6.29 Å². The summed E-state index contributed by atoms with van der Waals surface area (Å²) >= 11 is 0. The Morgan fingerprint density at radius 2 is 2.17 bits per heavy atom. The first kappa shape index (κ1) is 12.4. The van der Waals surface area contributed by atoms with Crippen LogP contribution in [0.15, 0.2) is 18.3 Å². The molecular formula is C14H15NO3. The Morgan fingerprint density at radius 1 is 1.44 bits per heavy atom. The van der Waals surface area contributed by atoms with Gasteiger partial charge < -0.3 is 9.67 Å². The third kappa shape index (κ3) is 1.90. The number of benzene rings is 1. The number of nitrogens with zero attached hydrogens (tertiary/aromatic N) is 1. The molecule has 0 amide bonds. The van der Waals surface area contributed by atoms with E-state index in [0.717, 1.165) is 30.2 Å². The van der Waals surface area contributed by atoms with Gasteiger partial charge in [-0.3, -0.25) is 4.79 Å². The van der Waals surface area contributed by atoms with E-state index < -0.39 is 5.97 Å². The standard InChI is InChI=1S/C14H15NO3/c1-3-4-15-7-10(8-16)12-5-9(2)11(14(17)18)6-13(12)15/h5-8H,3-4H2,1-2H3,(H,17,18). The maximum atomic E-state index is 11.1. The van der Waals surface area contributed by atoms with Gasteiger partial charge in [0, 0.05) is 29.2 Å². The molecule has 0 bridgehead atoms. The molecule has 0 aliphatic carbocycles. The van der Waals surface area contributed by atoms with Crippen molar-refractivity contribution in [3.8, 4) is 0 Å². The molecule has 0 aliphatic rings. The highest BCUT2D eigenvalue weighted by Gasteiger charge is 2.13. The molecule has 94 valence electrons. The molecule has 1 N–H and O–H groups in total. The third-order valence-corrected chi connectivity index (χ3v) is 3.08. The summed E-state index contributed by atoms with van der Waals surface area (Å²) in [5.41, 5.74) is 2.38. The number of hydrogen-bond donors (Lipinski definition) is 1. The molecule has 18 heavy (non-hydrogen) atoms. The first-order valence-electron chi connectivity index (χ1n) is 5.90. The van der Waals surface area contributed by atoms with Gasteiger partial charge in [0.1, 0.15) is 0 Å². The Balaban J connectivity index is 2.76. The SMILES string of the molecule is CCCn1cc(C=O)c2cc(C)c(C(=O)O)cc21. The van der Waals surface area contributed by atoms with Crippen LogP contribution < -0.4 is 0 Å². The molecule has 0 radical (unpaired) electrons. The zero-order valence-electron chi connectivity index (χ0n) is 10.4. The predicted molar refractivity (Wildman–Crippen MR) is 69.3 cm³/mol. The van der Waals surface area contributed by atoms with Crippen LogP contribution in [0.3, 0.4) is 0 Å². The average molecular weight is 245 g/mol. The highest BCUT2D eigenvalue weighted by molar-refractivity contribution is 6.02. The Bertz CT molecular complexity index is 625. The molecule has 2 aromatic rings.